The van der Waals surface area contributed by atoms with Crippen LogP contribution in [0.2, 0.25) is 0 Å². The van der Waals surface area contributed by atoms with E-state index in [4.69, 9.17) is 15.9 Å². The Bertz CT molecular complexity index is 1500. The molecule has 1 aromatic heterocycles. The van der Waals surface area contributed by atoms with Gasteiger partial charge in [-0.2, -0.15) is 15.0 Å². The van der Waals surface area contributed by atoms with Crippen molar-refractivity contribution in [2.75, 3.05) is 0 Å². The van der Waals surface area contributed by atoms with Crippen molar-refractivity contribution in [1.29, 1.82) is 5.41 Å². The number of nitrogen functional groups attached to an aromatic ring is 1. The molecule has 0 spiro atoms. The summed E-state index contributed by atoms with van der Waals surface area (Å²) in [5.41, 5.74) is 10.0. The second-order valence-electron chi connectivity index (χ2n) is 8.39. The van der Waals surface area contributed by atoms with E-state index in [1.165, 1.54) is 4.80 Å². The molecule has 4 aromatic rings. The predicted molar refractivity (Wildman–Crippen MR) is 121 cm³/mol. The first-order valence-corrected chi connectivity index (χ1v) is 10.8. The lowest BCUT2D eigenvalue weighted by Gasteiger charge is -2.17. The smallest absolute Gasteiger partial charge is 0.251 e. The summed E-state index contributed by atoms with van der Waals surface area (Å²) in [5.74, 6) is -2.68. The van der Waals surface area contributed by atoms with E-state index < -0.39 is 23.4 Å². The number of nitrogens with one attached hydrogen (secondary N) is 2. The van der Waals surface area contributed by atoms with Gasteiger partial charge in [-0.15, -0.1) is 0 Å². The molecule has 2 unspecified atom stereocenters. The highest BCUT2D eigenvalue weighted by Gasteiger charge is 2.43. The Balaban J connectivity index is 1.24. The van der Waals surface area contributed by atoms with Crippen LogP contribution >= 0.6 is 0 Å². The van der Waals surface area contributed by atoms with Crippen LogP contribution < -0.4 is 11.1 Å². The monoisotopic (exact) mass is 472 g/mol. The zero-order valence-electron chi connectivity index (χ0n) is 18.1. The second kappa shape index (κ2) is 7.81. The maximum absolute atomic E-state index is 14.3. The van der Waals surface area contributed by atoms with E-state index in [9.17, 15) is 13.6 Å². The van der Waals surface area contributed by atoms with E-state index >= 15 is 0 Å². The van der Waals surface area contributed by atoms with Gasteiger partial charge in [0.15, 0.2) is 0 Å². The Labute approximate surface area is 197 Å². The first-order valence-electron chi connectivity index (χ1n) is 10.8. The van der Waals surface area contributed by atoms with Gasteiger partial charge in [0, 0.05) is 23.2 Å². The number of hydrogen-bond donors (Lipinski definition) is 3. The molecule has 2 bridgehead atoms. The van der Waals surface area contributed by atoms with E-state index in [-0.39, 0.29) is 29.9 Å². The predicted octanol–water partition coefficient (Wildman–Crippen LogP) is 3.28. The van der Waals surface area contributed by atoms with Crippen molar-refractivity contribution in [3.63, 3.8) is 0 Å². The number of amides is 1. The van der Waals surface area contributed by atoms with Crippen LogP contribution in [0.3, 0.4) is 0 Å². The molecule has 2 aliphatic heterocycles. The topological polar surface area (TPSA) is 119 Å². The molecule has 6 rings (SSSR count). The van der Waals surface area contributed by atoms with Crippen molar-refractivity contribution < 1.29 is 18.3 Å². The number of nitrogens with zero attached hydrogens (tertiary/aromatic N) is 3. The molecule has 10 heteroatoms. The Morgan fingerprint density at radius 3 is 2.26 bits per heavy atom. The van der Waals surface area contributed by atoms with Gasteiger partial charge in [0.25, 0.3) is 5.91 Å². The summed E-state index contributed by atoms with van der Waals surface area (Å²) in [4.78, 5) is 14.3. The minimum absolute atomic E-state index is 0.0597. The molecule has 1 amide bonds. The molecular formula is C25H18F2N6O2. The number of aromatic nitrogens is 3. The summed E-state index contributed by atoms with van der Waals surface area (Å²) in [7, 11) is 0. The molecule has 8 nitrogen and oxygen atoms in total. The molecule has 35 heavy (non-hydrogen) atoms. The molecule has 4 N–H and O–H groups in total. The number of fused-ring (bicyclic) bond motifs is 8. The second-order valence-corrected chi connectivity index (χ2v) is 8.39. The third-order valence-corrected chi connectivity index (χ3v) is 6.35. The summed E-state index contributed by atoms with van der Waals surface area (Å²) in [6.07, 6.45) is 2.66. The number of carbonyl (C=O) groups is 1. The van der Waals surface area contributed by atoms with Gasteiger partial charge < -0.3 is 15.8 Å². The van der Waals surface area contributed by atoms with Crippen molar-refractivity contribution >= 4 is 11.7 Å². The van der Waals surface area contributed by atoms with Gasteiger partial charge in [-0.3, -0.25) is 10.2 Å². The molecule has 3 heterocycles. The first kappa shape index (κ1) is 21.1. The molecule has 0 fully saturated rings. The van der Waals surface area contributed by atoms with Crippen molar-refractivity contribution in [1.82, 2.24) is 20.3 Å². The van der Waals surface area contributed by atoms with Crippen LogP contribution in [0.15, 0.2) is 60.9 Å². The normalized spacial score (nSPS) is 17.2. The Morgan fingerprint density at radius 1 is 0.943 bits per heavy atom. The average molecular weight is 472 g/mol. The number of ether oxygens (including phenoxy) is 1. The zero-order valence-corrected chi connectivity index (χ0v) is 18.1. The number of carbonyl (C=O) groups excluding carboxylic acids is 1. The van der Waals surface area contributed by atoms with Crippen LogP contribution in [0.5, 0.6) is 0 Å². The molecule has 0 aliphatic carbocycles. The minimum Gasteiger partial charge on any atom is -0.384 e. The van der Waals surface area contributed by atoms with Gasteiger partial charge in [0.05, 0.1) is 18.1 Å². The van der Waals surface area contributed by atoms with Crippen molar-refractivity contribution in [2.24, 2.45) is 5.73 Å². The summed E-state index contributed by atoms with van der Waals surface area (Å²) in [6.45, 7) is -0.350. The lowest BCUT2D eigenvalue weighted by atomic mass is 9.85. The van der Waals surface area contributed by atoms with Gasteiger partial charge in [-0.25, -0.2) is 8.78 Å². The van der Waals surface area contributed by atoms with Gasteiger partial charge in [-0.05, 0) is 58.7 Å². The molecule has 3 aromatic carbocycles. The lowest BCUT2D eigenvalue weighted by Crippen LogP contribution is -2.24. The Hall–Kier alpha value is -4.44. The minimum atomic E-state index is -0.880. The van der Waals surface area contributed by atoms with E-state index in [0.29, 0.717) is 5.56 Å². The average Bonchev–Trinajstić information content (AvgIpc) is 3.59. The Morgan fingerprint density at radius 2 is 1.57 bits per heavy atom. The highest BCUT2D eigenvalue weighted by atomic mass is 19.1. The molecule has 174 valence electrons. The van der Waals surface area contributed by atoms with Gasteiger partial charge in [-0.1, -0.05) is 12.1 Å². The van der Waals surface area contributed by atoms with Crippen LogP contribution in [-0.4, -0.2) is 26.7 Å². The fourth-order valence-corrected chi connectivity index (χ4v) is 4.65. The summed E-state index contributed by atoms with van der Waals surface area (Å²) in [6, 6.07) is 13.1. The van der Waals surface area contributed by atoms with Crippen molar-refractivity contribution in [2.45, 2.75) is 18.8 Å². The summed E-state index contributed by atoms with van der Waals surface area (Å²) >= 11 is 0. The number of benzene rings is 3. The molecular weight excluding hydrogens is 454 g/mol. The number of nitrogens with two attached hydrogens (primary N) is 1. The van der Waals surface area contributed by atoms with E-state index in [0.717, 1.165) is 40.1 Å². The van der Waals surface area contributed by atoms with Crippen LogP contribution in [0.4, 0.5) is 8.78 Å². The highest BCUT2D eigenvalue weighted by Crippen LogP contribution is 2.54. The standard InChI is InChI=1S/C25H18F2N6O2/c26-20-8-13(24(28)29)9-21(27)19(20)11-30-25(34)12-1-3-15-17(7-12)23-18-10-14(33-31-5-6-32-33)2-4-16(18)22(15)35-23/h1-10,22-23H,11H2,(H3,28,29)(H,30,34). The van der Waals surface area contributed by atoms with Gasteiger partial charge in [0.1, 0.15) is 29.7 Å². The number of halogens is 2. The largest absolute Gasteiger partial charge is 0.384 e. The van der Waals surface area contributed by atoms with E-state index in [2.05, 4.69) is 15.5 Å². The van der Waals surface area contributed by atoms with Crippen LogP contribution in [0.1, 0.15) is 55.9 Å². The molecule has 0 radical (unpaired) electrons. The van der Waals surface area contributed by atoms with Gasteiger partial charge >= 0.3 is 0 Å². The fraction of sp³-hybridized carbons (Fsp3) is 0.120. The van der Waals surface area contributed by atoms with Crippen molar-refractivity contribution in [3.05, 3.63) is 112 Å². The van der Waals surface area contributed by atoms with E-state index in [1.54, 1.807) is 24.5 Å². The summed E-state index contributed by atoms with van der Waals surface area (Å²) in [5, 5.41) is 18.2. The summed E-state index contributed by atoms with van der Waals surface area (Å²) < 4.78 is 34.8. The number of amidine groups is 1. The van der Waals surface area contributed by atoms with E-state index in [1.807, 2.05) is 24.3 Å². The number of rotatable bonds is 5. The molecule has 2 atom stereocenters. The third-order valence-electron chi connectivity index (χ3n) is 6.35. The molecule has 0 saturated heterocycles. The lowest BCUT2D eigenvalue weighted by molar-refractivity contribution is 0.0857. The molecule has 2 aliphatic rings. The maximum atomic E-state index is 14.3. The van der Waals surface area contributed by atoms with Crippen molar-refractivity contribution in [3.8, 4) is 5.69 Å². The van der Waals surface area contributed by atoms with Crippen LogP contribution in [0, 0.1) is 17.0 Å². The number of hydrogen-bond acceptors (Lipinski definition) is 5. The van der Waals surface area contributed by atoms with Crippen LogP contribution in [0.25, 0.3) is 5.69 Å². The highest BCUT2D eigenvalue weighted by molar-refractivity contribution is 5.95. The zero-order chi connectivity index (χ0) is 24.3. The fourth-order valence-electron chi connectivity index (χ4n) is 4.65. The first-order chi connectivity index (χ1) is 16.9. The van der Waals surface area contributed by atoms with Crippen LogP contribution in [-0.2, 0) is 11.3 Å². The van der Waals surface area contributed by atoms with Gasteiger partial charge in [0.2, 0.25) is 0 Å². The molecule has 0 saturated carbocycles. The maximum Gasteiger partial charge on any atom is 0.251 e. The quantitative estimate of drug-likeness (QED) is 0.304. The Kier molecular flexibility index (Phi) is 4.71. The third kappa shape index (κ3) is 3.38. The SMILES string of the molecule is N=C(N)c1cc(F)c(CNC(=O)c2ccc3c(c2)C2OC3c3ccc(-n4nccn4)cc32)c(F)c1.